The summed E-state index contributed by atoms with van der Waals surface area (Å²) in [7, 11) is 0. The summed E-state index contributed by atoms with van der Waals surface area (Å²) >= 11 is 2.64. The molecule has 8 aliphatic rings. The molecule has 8 aromatic carbocycles. The van der Waals surface area contributed by atoms with Crippen LogP contribution in [-0.2, 0) is 54.5 Å². The number of aliphatic hydroxyl groups excluding tert-OH is 2. The molecule has 12 aromatic rings. The van der Waals surface area contributed by atoms with Gasteiger partial charge in [0.1, 0.15) is 57.3 Å². The van der Waals surface area contributed by atoms with Crippen LogP contribution >= 0.6 is 23.1 Å². The summed E-state index contributed by atoms with van der Waals surface area (Å²) in [6, 6.07) is 54.0. The first-order valence-corrected chi connectivity index (χ1v) is 47.8. The van der Waals surface area contributed by atoms with Crippen molar-refractivity contribution in [2.75, 3.05) is 39.4 Å². The van der Waals surface area contributed by atoms with E-state index in [0.29, 0.717) is 156 Å². The minimum absolute atomic E-state index is 0.00246. The summed E-state index contributed by atoms with van der Waals surface area (Å²) in [5.74, 6) is 4.24. The molecule has 20 rings (SSSR count). The van der Waals surface area contributed by atoms with Crippen LogP contribution in [0.4, 0.5) is 0 Å². The lowest BCUT2D eigenvalue weighted by molar-refractivity contribution is -0.139. The number of amides is 4. The zero-order valence-corrected chi connectivity index (χ0v) is 78.8. The molecule has 4 aliphatic heterocycles. The fraction of sp³-hybridized carbons (Fsp3) is 0.365. The van der Waals surface area contributed by atoms with Crippen molar-refractivity contribution >= 4 is 58.6 Å². The van der Waals surface area contributed by atoms with Gasteiger partial charge in [0, 0.05) is 103 Å². The molecule has 4 fully saturated rings. The van der Waals surface area contributed by atoms with Gasteiger partial charge >= 0.3 is 11.9 Å². The van der Waals surface area contributed by atoms with Crippen molar-refractivity contribution in [1.82, 2.24) is 58.6 Å². The van der Waals surface area contributed by atoms with Crippen LogP contribution in [0.25, 0.3) is 89.6 Å². The number of ether oxygens (including phenoxy) is 4. The number of carboxylic acids is 2. The number of aromatic nitrogens is 8. The van der Waals surface area contributed by atoms with Crippen molar-refractivity contribution in [2.24, 2.45) is 23.7 Å². The standard InChI is InChI=1S/C28H28N4O5.C26H24N4O5.2C25H24N4O3S/c1-16(2)36-23-10-9-17(12-19(23)15-29)28-30-27(31-37-28)21-7-5-6-20-22(21)13-18-14-24(33)32(26(18)20)11-4-3-8-25(34)35;1-14(2)34-21-7-6-15(10-17(21)13-27)26-28-25(29-35-26)19-5-3-4-18-20(19)11-16-12-22(31)30(24(16)18)9-8-23(32)33;1-14(2)32-21-7-6-15(10-17(21)13-26)25-27-24(28-33-25)19-5-3-4-18-20(19)11-16-12-22(31)29(8-9-30)23(16)18;1-14(2)32-21-7-6-15(10-17(21)13-26)24-27-25(33-28-24)19-5-3-4-18-20(19)11-16-12-22(31)29(8-9-30)23(16)18/h5-7,9-10,12,16,18,26H,3-4,8,11,13-14H2,1-2H3,(H,34,35);3-7,10,14,16,24H,8-9,11-12H2,1-2H3,(H,32,33);2*3-7,10,14,16,23,30H,8-9,11-12H2,1-2H3. The van der Waals surface area contributed by atoms with E-state index in [9.17, 15) is 60.0 Å². The van der Waals surface area contributed by atoms with Gasteiger partial charge in [-0.2, -0.15) is 39.8 Å². The number of carboxylic acid groups (broad SMARTS) is 2. The molecule has 704 valence electrons. The molecule has 4 aliphatic carbocycles. The molecule has 0 spiro atoms. The molecule has 8 unspecified atom stereocenters. The smallest absolute Gasteiger partial charge is 0.305 e. The van der Waals surface area contributed by atoms with Crippen LogP contribution in [0, 0.1) is 69.0 Å². The van der Waals surface area contributed by atoms with Crippen LogP contribution in [0.15, 0.2) is 155 Å². The number of nitriles is 4. The number of aliphatic hydroxyl groups is 2. The predicted molar refractivity (Wildman–Crippen MR) is 507 cm³/mol. The van der Waals surface area contributed by atoms with E-state index in [1.54, 1.807) is 59.5 Å². The van der Waals surface area contributed by atoms with Crippen molar-refractivity contribution in [1.29, 1.82) is 21.0 Å². The Morgan fingerprint density at radius 2 is 0.710 bits per heavy atom. The molecule has 32 nitrogen and oxygen atoms in total. The van der Waals surface area contributed by atoms with E-state index in [-0.39, 0.29) is 128 Å². The van der Waals surface area contributed by atoms with Gasteiger partial charge in [0.05, 0.1) is 90.5 Å². The average Bonchev–Trinajstić information content (AvgIpc) is 1.60. The van der Waals surface area contributed by atoms with Crippen molar-refractivity contribution in [3.8, 4) is 137 Å². The minimum Gasteiger partial charge on any atom is -0.490 e. The number of unbranched alkanes of at least 4 members (excludes halogenated alkanes) is 1. The summed E-state index contributed by atoms with van der Waals surface area (Å²) in [6.07, 6.45) is 6.07. The van der Waals surface area contributed by atoms with E-state index < -0.39 is 11.9 Å². The van der Waals surface area contributed by atoms with Crippen LogP contribution in [0.2, 0.25) is 0 Å². The Balaban J connectivity index is 0.000000127. The van der Waals surface area contributed by atoms with E-state index in [0.717, 1.165) is 96.0 Å². The fourth-order valence-corrected chi connectivity index (χ4v) is 21.9. The number of carbonyl (C=O) groups is 6. The number of hydrogen-bond donors (Lipinski definition) is 4. The van der Waals surface area contributed by atoms with Gasteiger partial charge in [-0.1, -0.05) is 83.1 Å². The van der Waals surface area contributed by atoms with E-state index >= 15 is 0 Å². The van der Waals surface area contributed by atoms with E-state index in [1.165, 1.54) is 34.2 Å². The second-order valence-corrected chi connectivity index (χ2v) is 37.9. The first-order chi connectivity index (χ1) is 66.7. The second-order valence-electron chi connectivity index (χ2n) is 36.4. The van der Waals surface area contributed by atoms with Crippen molar-refractivity contribution in [3.63, 3.8) is 0 Å². The number of β-amino-alcohol motifs (C(OH)–C–C–N with tert-alkyl or cyclic N) is 2. The lowest BCUT2D eigenvalue weighted by atomic mass is 10.0. The SMILES string of the molecule is CC(C)Oc1ccc(-c2nc(-c3cccc4c3CC3CC(=O)N(CCC(=O)O)C43)no2)cc1C#N.CC(C)Oc1ccc(-c2nc(-c3cccc4c3CC3CC(=O)N(CCCCC(=O)O)C43)no2)cc1C#N.CC(C)Oc1ccc(-c2nc(-c3cccc4c3CC3CC(=O)N(CCO)C43)ns2)cc1C#N.CC(C)Oc1ccc(-c2nsc(-c3cccc4c3CC3CC(=O)N(CCO)C43)n2)cc1C#N. The highest BCUT2D eigenvalue weighted by molar-refractivity contribution is 7.09. The summed E-state index contributed by atoms with van der Waals surface area (Å²) < 4.78 is 43.1. The van der Waals surface area contributed by atoms with Gasteiger partial charge in [-0.05, 0) is 258 Å². The highest BCUT2D eigenvalue weighted by Crippen LogP contribution is 2.55. The number of benzene rings is 8. The molecule has 4 saturated heterocycles. The minimum atomic E-state index is -0.920. The molecular weight excluding hydrogens is 1790 g/mol. The van der Waals surface area contributed by atoms with Crippen molar-refractivity contribution < 1.29 is 77.2 Å². The Kier molecular flexibility index (Phi) is 28.1. The number of likely N-dealkylation sites (tertiary alicyclic amines) is 4. The molecule has 34 heteroatoms. The third kappa shape index (κ3) is 19.5. The maximum Gasteiger partial charge on any atom is 0.305 e. The van der Waals surface area contributed by atoms with Crippen LogP contribution in [0.5, 0.6) is 23.0 Å². The Morgan fingerprint density at radius 3 is 1.09 bits per heavy atom. The lowest BCUT2D eigenvalue weighted by Gasteiger charge is -2.25. The molecule has 8 heterocycles. The third-order valence-corrected chi connectivity index (χ3v) is 27.5. The molecule has 4 aromatic heterocycles. The van der Waals surface area contributed by atoms with Gasteiger partial charge in [-0.3, -0.25) is 28.8 Å². The van der Waals surface area contributed by atoms with Crippen LogP contribution < -0.4 is 18.9 Å². The van der Waals surface area contributed by atoms with Crippen molar-refractivity contribution in [3.05, 3.63) is 212 Å². The van der Waals surface area contributed by atoms with Crippen LogP contribution in [0.3, 0.4) is 0 Å². The molecular formula is C104H100N16O16S2. The van der Waals surface area contributed by atoms with Gasteiger partial charge < -0.3 is 68.0 Å². The molecule has 4 N–H and O–H groups in total. The first kappa shape index (κ1) is 94.8. The Hall–Kier alpha value is -14.9. The quantitative estimate of drug-likeness (QED) is 0.0331. The first-order valence-electron chi connectivity index (χ1n) is 46.2. The van der Waals surface area contributed by atoms with E-state index in [4.69, 9.17) is 48.2 Å². The topological polar surface area (TPSA) is 458 Å². The maximum atomic E-state index is 12.7. The molecule has 4 amide bonds. The Bertz CT molecular complexity index is 6700. The highest BCUT2D eigenvalue weighted by atomic mass is 32.1. The normalized spacial score (nSPS) is 18.6. The monoisotopic (exact) mass is 1890 g/mol. The maximum absolute atomic E-state index is 12.7. The summed E-state index contributed by atoms with van der Waals surface area (Å²) in [6.45, 7) is 16.7. The number of rotatable bonds is 28. The third-order valence-electron chi connectivity index (χ3n) is 25.9. The fourth-order valence-electron chi connectivity index (χ4n) is 20.5. The molecule has 0 bridgehead atoms. The molecule has 8 atom stereocenters. The highest BCUT2D eigenvalue weighted by Gasteiger charge is 2.51. The van der Waals surface area contributed by atoms with Gasteiger partial charge in [0.15, 0.2) is 11.6 Å². The zero-order valence-electron chi connectivity index (χ0n) is 77.2. The van der Waals surface area contributed by atoms with Gasteiger partial charge in [-0.25, -0.2) is 9.97 Å². The van der Waals surface area contributed by atoms with E-state index in [2.05, 4.69) is 77.6 Å². The Morgan fingerprint density at radius 1 is 0.384 bits per heavy atom. The Labute approximate surface area is 804 Å². The lowest BCUT2D eigenvalue weighted by Crippen LogP contribution is -2.30. The van der Waals surface area contributed by atoms with Gasteiger partial charge in [0.2, 0.25) is 35.3 Å². The average molecular weight is 1890 g/mol. The summed E-state index contributed by atoms with van der Waals surface area (Å²) in [4.78, 5) is 98.0. The van der Waals surface area contributed by atoms with E-state index in [1.807, 2.05) is 137 Å². The molecule has 0 saturated carbocycles. The summed E-state index contributed by atoms with van der Waals surface area (Å²) in [5.41, 5.74) is 17.3. The molecule has 0 radical (unpaired) electrons. The number of fused-ring (bicyclic) bond motifs is 12. The number of aliphatic carboxylic acids is 2. The number of nitrogens with zero attached hydrogens (tertiary/aromatic N) is 16. The second kappa shape index (κ2) is 40.9. The zero-order chi connectivity index (χ0) is 97.0. The number of carbonyl (C=O) groups excluding carboxylic acids is 4. The van der Waals surface area contributed by atoms with Crippen LogP contribution in [-0.4, -0.2) is 178 Å². The largest absolute Gasteiger partial charge is 0.490 e. The predicted octanol–water partition coefficient (Wildman–Crippen LogP) is 16.7. The molecule has 138 heavy (non-hydrogen) atoms. The van der Waals surface area contributed by atoms with Gasteiger partial charge in [-0.15, -0.1) is 0 Å². The number of hydrogen-bond acceptors (Lipinski definition) is 28. The summed E-state index contributed by atoms with van der Waals surface area (Å²) in [5, 5.41) is 85.0. The van der Waals surface area contributed by atoms with Gasteiger partial charge in [0.25, 0.3) is 11.8 Å². The van der Waals surface area contributed by atoms with Crippen LogP contribution in [0.1, 0.15) is 198 Å². The van der Waals surface area contributed by atoms with Crippen molar-refractivity contribution in [2.45, 2.75) is 181 Å².